The van der Waals surface area contributed by atoms with Crippen LogP contribution in [0.4, 0.5) is 5.69 Å². The van der Waals surface area contributed by atoms with Gasteiger partial charge in [-0.25, -0.2) is 0 Å². The van der Waals surface area contributed by atoms with Crippen molar-refractivity contribution in [1.29, 1.82) is 0 Å². The molecule has 0 saturated carbocycles. The molecule has 1 heterocycles. The van der Waals surface area contributed by atoms with E-state index in [4.69, 9.17) is 9.47 Å². The molecule has 9 heteroatoms. The van der Waals surface area contributed by atoms with E-state index in [0.717, 1.165) is 0 Å². The van der Waals surface area contributed by atoms with Gasteiger partial charge in [0.15, 0.2) is 0 Å². The van der Waals surface area contributed by atoms with E-state index in [9.17, 15) is 9.59 Å². The van der Waals surface area contributed by atoms with Gasteiger partial charge in [-0.15, -0.1) is 5.10 Å². The Hall–Kier alpha value is -2.97. The third-order valence-corrected chi connectivity index (χ3v) is 2.67. The summed E-state index contributed by atoms with van der Waals surface area (Å²) in [7, 11) is 1.52. The molecule has 1 aromatic heterocycles. The highest BCUT2D eigenvalue weighted by Gasteiger charge is 2.13. The summed E-state index contributed by atoms with van der Waals surface area (Å²) in [5.41, 5.74) is 1.04. The zero-order valence-electron chi connectivity index (χ0n) is 12.1. The Morgan fingerprint density at radius 1 is 1.36 bits per heavy atom. The average Bonchev–Trinajstić information content (AvgIpc) is 3.01. The Morgan fingerprint density at radius 3 is 2.82 bits per heavy atom. The number of benzene rings is 1. The topological polar surface area (TPSA) is 108 Å². The van der Waals surface area contributed by atoms with Gasteiger partial charge in [0.2, 0.25) is 5.91 Å². The standard InChI is InChI=1S/C13H15N5O4/c1-3-22-13(20)7-12(19)15-9-4-5-11(21-2)10(6-9)18-8-14-16-17-18/h4-6,8H,3,7H2,1-2H3,(H,15,19). The number of hydrogen-bond acceptors (Lipinski definition) is 7. The molecule has 0 unspecified atom stereocenters. The quantitative estimate of drug-likeness (QED) is 0.613. The molecular formula is C13H15N5O4. The van der Waals surface area contributed by atoms with Crippen molar-refractivity contribution in [3.05, 3.63) is 24.5 Å². The van der Waals surface area contributed by atoms with Gasteiger partial charge in [0.1, 0.15) is 24.2 Å². The van der Waals surface area contributed by atoms with Crippen LogP contribution in [-0.2, 0) is 14.3 Å². The third-order valence-electron chi connectivity index (χ3n) is 2.67. The van der Waals surface area contributed by atoms with Crippen molar-refractivity contribution in [2.45, 2.75) is 13.3 Å². The molecule has 1 aromatic carbocycles. The first-order chi connectivity index (χ1) is 10.6. The molecule has 9 nitrogen and oxygen atoms in total. The van der Waals surface area contributed by atoms with E-state index in [2.05, 4.69) is 20.8 Å². The number of carbonyl (C=O) groups is 2. The molecule has 0 bridgehead atoms. The molecule has 2 aromatic rings. The monoisotopic (exact) mass is 305 g/mol. The first-order valence-electron chi connectivity index (χ1n) is 6.51. The molecule has 116 valence electrons. The van der Waals surface area contributed by atoms with Crippen LogP contribution in [0.3, 0.4) is 0 Å². The van der Waals surface area contributed by atoms with Gasteiger partial charge in [0.25, 0.3) is 0 Å². The van der Waals surface area contributed by atoms with Crippen molar-refractivity contribution in [3.63, 3.8) is 0 Å². The SMILES string of the molecule is CCOC(=O)CC(=O)Nc1ccc(OC)c(-n2cnnn2)c1. The number of esters is 1. The van der Waals surface area contributed by atoms with Crippen molar-refractivity contribution < 1.29 is 19.1 Å². The average molecular weight is 305 g/mol. The van der Waals surface area contributed by atoms with Crippen LogP contribution in [-0.4, -0.2) is 45.8 Å². The van der Waals surface area contributed by atoms with Crippen molar-refractivity contribution in [2.24, 2.45) is 0 Å². The van der Waals surface area contributed by atoms with Gasteiger partial charge >= 0.3 is 5.97 Å². The maximum absolute atomic E-state index is 11.8. The van der Waals surface area contributed by atoms with Crippen LogP contribution in [0.1, 0.15) is 13.3 Å². The highest BCUT2D eigenvalue weighted by atomic mass is 16.5. The molecule has 1 N–H and O–H groups in total. The summed E-state index contributed by atoms with van der Waals surface area (Å²) in [6.07, 6.45) is 1.06. The van der Waals surface area contributed by atoms with E-state index in [0.29, 0.717) is 17.1 Å². The molecule has 0 atom stereocenters. The predicted octanol–water partition coefficient (Wildman–Crippen LogP) is 0.563. The molecule has 0 spiro atoms. The summed E-state index contributed by atoms with van der Waals surface area (Å²) in [5.74, 6) is -0.504. The Kier molecular flexibility index (Phi) is 5.02. The number of amides is 1. The second-order valence-corrected chi connectivity index (χ2v) is 4.17. The number of hydrogen-bond donors (Lipinski definition) is 1. The molecule has 0 radical (unpaired) electrons. The maximum Gasteiger partial charge on any atom is 0.315 e. The fourth-order valence-electron chi connectivity index (χ4n) is 1.77. The lowest BCUT2D eigenvalue weighted by Crippen LogP contribution is -2.18. The smallest absolute Gasteiger partial charge is 0.315 e. The molecule has 0 aliphatic carbocycles. The van der Waals surface area contributed by atoms with Gasteiger partial charge in [-0.05, 0) is 35.5 Å². The van der Waals surface area contributed by atoms with E-state index in [-0.39, 0.29) is 13.0 Å². The van der Waals surface area contributed by atoms with Gasteiger partial charge in [0, 0.05) is 5.69 Å². The van der Waals surface area contributed by atoms with Crippen LogP contribution >= 0.6 is 0 Å². The second kappa shape index (κ2) is 7.16. The number of tetrazole rings is 1. The van der Waals surface area contributed by atoms with Gasteiger partial charge < -0.3 is 14.8 Å². The number of anilines is 1. The van der Waals surface area contributed by atoms with Crippen molar-refractivity contribution in [1.82, 2.24) is 20.2 Å². The Bertz CT molecular complexity index is 656. The second-order valence-electron chi connectivity index (χ2n) is 4.17. The Morgan fingerprint density at radius 2 is 2.18 bits per heavy atom. The molecule has 0 fully saturated rings. The van der Waals surface area contributed by atoms with E-state index in [1.807, 2.05) is 0 Å². The van der Waals surface area contributed by atoms with Crippen molar-refractivity contribution >= 4 is 17.6 Å². The lowest BCUT2D eigenvalue weighted by molar-refractivity contribution is -0.145. The number of methoxy groups -OCH3 is 1. The lowest BCUT2D eigenvalue weighted by Gasteiger charge is -2.10. The normalized spacial score (nSPS) is 10.1. The van der Waals surface area contributed by atoms with Crippen LogP contribution in [0, 0.1) is 0 Å². The summed E-state index contributed by atoms with van der Waals surface area (Å²) < 4.78 is 11.3. The first-order valence-corrected chi connectivity index (χ1v) is 6.51. The first kappa shape index (κ1) is 15.4. The minimum Gasteiger partial charge on any atom is -0.494 e. The minimum atomic E-state index is -0.575. The van der Waals surface area contributed by atoms with E-state index < -0.39 is 11.9 Å². The van der Waals surface area contributed by atoms with Crippen LogP contribution in [0.25, 0.3) is 5.69 Å². The van der Waals surface area contributed by atoms with Gasteiger partial charge in [0.05, 0.1) is 13.7 Å². The van der Waals surface area contributed by atoms with Crippen LogP contribution in [0.5, 0.6) is 5.75 Å². The van der Waals surface area contributed by atoms with E-state index in [1.54, 1.807) is 25.1 Å². The number of nitrogens with zero attached hydrogens (tertiary/aromatic N) is 4. The number of carbonyl (C=O) groups excluding carboxylic acids is 2. The summed E-state index contributed by atoms with van der Waals surface area (Å²) >= 11 is 0. The Balaban J connectivity index is 2.14. The van der Waals surface area contributed by atoms with Gasteiger partial charge in [-0.1, -0.05) is 0 Å². The van der Waals surface area contributed by atoms with E-state index in [1.165, 1.54) is 18.1 Å². The minimum absolute atomic E-state index is 0.234. The maximum atomic E-state index is 11.8. The zero-order chi connectivity index (χ0) is 15.9. The number of nitrogens with one attached hydrogen (secondary N) is 1. The lowest BCUT2D eigenvalue weighted by atomic mass is 10.2. The summed E-state index contributed by atoms with van der Waals surface area (Å²) in [4.78, 5) is 23.0. The van der Waals surface area contributed by atoms with Crippen LogP contribution in [0.2, 0.25) is 0 Å². The number of rotatable bonds is 6. The molecule has 22 heavy (non-hydrogen) atoms. The summed E-state index contributed by atoms with van der Waals surface area (Å²) in [5, 5.41) is 13.5. The summed E-state index contributed by atoms with van der Waals surface area (Å²) in [6.45, 7) is 1.91. The largest absolute Gasteiger partial charge is 0.494 e. The van der Waals surface area contributed by atoms with E-state index >= 15 is 0 Å². The van der Waals surface area contributed by atoms with Gasteiger partial charge in [-0.3, -0.25) is 9.59 Å². The predicted molar refractivity (Wildman–Crippen MR) is 75.6 cm³/mol. The van der Waals surface area contributed by atoms with Crippen molar-refractivity contribution in [3.8, 4) is 11.4 Å². The summed E-state index contributed by atoms with van der Waals surface area (Å²) in [6, 6.07) is 4.95. The number of ether oxygens (including phenoxy) is 2. The zero-order valence-corrected chi connectivity index (χ0v) is 12.1. The van der Waals surface area contributed by atoms with Crippen LogP contribution < -0.4 is 10.1 Å². The fraction of sp³-hybridized carbons (Fsp3) is 0.308. The third kappa shape index (κ3) is 3.78. The number of aromatic nitrogens is 4. The Labute approximate surface area is 126 Å². The molecule has 1 amide bonds. The van der Waals surface area contributed by atoms with Gasteiger partial charge in [-0.2, -0.15) is 4.68 Å². The highest BCUT2D eigenvalue weighted by Crippen LogP contribution is 2.25. The molecule has 0 aliphatic rings. The fourth-order valence-corrected chi connectivity index (χ4v) is 1.77. The van der Waals surface area contributed by atoms with Crippen LogP contribution in [0.15, 0.2) is 24.5 Å². The molecular weight excluding hydrogens is 290 g/mol. The van der Waals surface area contributed by atoms with Crippen molar-refractivity contribution in [2.75, 3.05) is 19.0 Å². The molecule has 2 rings (SSSR count). The molecule has 0 aliphatic heterocycles. The molecule has 0 saturated heterocycles. The highest BCUT2D eigenvalue weighted by molar-refractivity contribution is 6.02.